The lowest BCUT2D eigenvalue weighted by Gasteiger charge is -2.08. The van der Waals surface area contributed by atoms with Gasteiger partial charge in [0.05, 0.1) is 31.4 Å². The predicted molar refractivity (Wildman–Crippen MR) is 98.1 cm³/mol. The van der Waals surface area contributed by atoms with Crippen molar-refractivity contribution in [2.75, 3.05) is 7.11 Å². The lowest BCUT2D eigenvalue weighted by molar-refractivity contribution is 0.418. The molecule has 5 aromatic rings. The molecule has 7 heteroatoms. The molecule has 0 aliphatic heterocycles. The Morgan fingerprint density at radius 3 is 2.73 bits per heavy atom. The van der Waals surface area contributed by atoms with Gasteiger partial charge < -0.3 is 4.74 Å². The molecule has 0 aliphatic carbocycles. The molecule has 5 aromatic heterocycles. The third-order valence-corrected chi connectivity index (χ3v) is 4.53. The van der Waals surface area contributed by atoms with Gasteiger partial charge in [0.15, 0.2) is 0 Å². The molecular weight excluding hydrogens is 328 g/mol. The molecule has 0 radical (unpaired) electrons. The van der Waals surface area contributed by atoms with Crippen molar-refractivity contribution in [2.24, 2.45) is 7.05 Å². The van der Waals surface area contributed by atoms with Gasteiger partial charge >= 0.3 is 0 Å². The van der Waals surface area contributed by atoms with E-state index in [4.69, 9.17) is 4.74 Å². The first-order valence-electron chi connectivity index (χ1n) is 8.21. The van der Waals surface area contributed by atoms with Crippen molar-refractivity contribution in [1.82, 2.24) is 28.8 Å². The molecule has 0 fully saturated rings. The number of imidazole rings is 1. The summed E-state index contributed by atoms with van der Waals surface area (Å²) < 4.78 is 11.4. The van der Waals surface area contributed by atoms with Crippen LogP contribution in [-0.2, 0) is 7.05 Å². The van der Waals surface area contributed by atoms with E-state index in [1.165, 1.54) is 0 Å². The number of rotatable bonds is 3. The smallest absolute Gasteiger partial charge is 0.145 e. The van der Waals surface area contributed by atoms with E-state index in [0.717, 1.165) is 39.3 Å². The summed E-state index contributed by atoms with van der Waals surface area (Å²) in [6.45, 7) is 0. The zero-order chi connectivity index (χ0) is 17.7. The van der Waals surface area contributed by atoms with Gasteiger partial charge in [-0.25, -0.2) is 9.50 Å². The van der Waals surface area contributed by atoms with Gasteiger partial charge in [0.2, 0.25) is 0 Å². The zero-order valence-corrected chi connectivity index (χ0v) is 14.4. The third kappa shape index (κ3) is 2.10. The summed E-state index contributed by atoms with van der Waals surface area (Å²) in [6, 6.07) is 7.96. The summed E-state index contributed by atoms with van der Waals surface area (Å²) in [5.74, 6) is 0.754. The van der Waals surface area contributed by atoms with Crippen LogP contribution < -0.4 is 4.74 Å². The molecular formula is C19H16N6O. The summed E-state index contributed by atoms with van der Waals surface area (Å²) in [5, 5.41) is 8.79. The van der Waals surface area contributed by atoms with Crippen LogP contribution in [0.5, 0.6) is 5.75 Å². The molecule has 0 saturated carbocycles. The maximum absolute atomic E-state index is 5.69. The molecule has 0 spiro atoms. The normalized spacial score (nSPS) is 11.5. The van der Waals surface area contributed by atoms with Gasteiger partial charge in [-0.05, 0) is 18.2 Å². The summed E-state index contributed by atoms with van der Waals surface area (Å²) in [6.07, 6.45) is 11.5. The molecule has 0 saturated heterocycles. The van der Waals surface area contributed by atoms with Gasteiger partial charge in [0.25, 0.3) is 0 Å². The largest absolute Gasteiger partial charge is 0.494 e. The van der Waals surface area contributed by atoms with Gasteiger partial charge in [-0.1, -0.05) is 6.07 Å². The van der Waals surface area contributed by atoms with Crippen molar-refractivity contribution < 1.29 is 4.74 Å². The highest BCUT2D eigenvalue weighted by Gasteiger charge is 2.17. The Labute approximate surface area is 149 Å². The van der Waals surface area contributed by atoms with Crippen LogP contribution in [0.3, 0.4) is 0 Å². The van der Waals surface area contributed by atoms with Crippen molar-refractivity contribution in [3.8, 4) is 28.1 Å². The van der Waals surface area contributed by atoms with Crippen molar-refractivity contribution in [3.63, 3.8) is 0 Å². The van der Waals surface area contributed by atoms with Crippen LogP contribution >= 0.6 is 0 Å². The highest BCUT2D eigenvalue weighted by atomic mass is 16.5. The Morgan fingerprint density at radius 1 is 1.00 bits per heavy atom. The molecule has 5 rings (SSSR count). The van der Waals surface area contributed by atoms with E-state index in [-0.39, 0.29) is 0 Å². The number of methoxy groups -OCH3 is 1. The van der Waals surface area contributed by atoms with E-state index < -0.39 is 0 Å². The topological polar surface area (TPSA) is 61.7 Å². The number of hydrogen-bond donors (Lipinski definition) is 0. The molecule has 128 valence electrons. The molecule has 0 amide bonds. The van der Waals surface area contributed by atoms with Gasteiger partial charge in [-0.15, -0.1) is 0 Å². The standard InChI is InChI=1S/C19H16N6O/c1-23-11-14(8-21-23)13-7-17(26-2)19-15(9-22-25(19)12-13)16-10-20-18-5-3-4-6-24(16)18/h3-12H,1-2H3. The van der Waals surface area contributed by atoms with E-state index in [0.29, 0.717) is 0 Å². The number of fused-ring (bicyclic) bond motifs is 2. The monoisotopic (exact) mass is 344 g/mol. The summed E-state index contributed by atoms with van der Waals surface area (Å²) in [7, 11) is 3.57. The lowest BCUT2D eigenvalue weighted by Crippen LogP contribution is -1.94. The second kappa shape index (κ2) is 5.45. The van der Waals surface area contributed by atoms with Crippen molar-refractivity contribution in [2.45, 2.75) is 0 Å². The van der Waals surface area contributed by atoms with Gasteiger partial charge in [0, 0.05) is 42.3 Å². The first-order chi connectivity index (χ1) is 12.7. The number of pyridine rings is 2. The first-order valence-corrected chi connectivity index (χ1v) is 8.21. The fourth-order valence-electron chi connectivity index (χ4n) is 3.29. The minimum atomic E-state index is 0.754. The lowest BCUT2D eigenvalue weighted by atomic mass is 10.1. The van der Waals surface area contributed by atoms with Crippen molar-refractivity contribution >= 4 is 11.2 Å². The van der Waals surface area contributed by atoms with E-state index in [1.807, 2.05) is 77.4 Å². The Bertz CT molecular complexity index is 1250. The Kier molecular flexibility index (Phi) is 3.08. The summed E-state index contributed by atoms with van der Waals surface area (Å²) in [5.41, 5.74) is 5.76. The maximum atomic E-state index is 5.69. The average Bonchev–Trinajstić information content (AvgIpc) is 3.38. The molecule has 26 heavy (non-hydrogen) atoms. The molecule has 0 aromatic carbocycles. The van der Waals surface area contributed by atoms with Crippen molar-refractivity contribution in [3.05, 3.63) is 61.4 Å². The average molecular weight is 344 g/mol. The maximum Gasteiger partial charge on any atom is 0.145 e. The highest BCUT2D eigenvalue weighted by molar-refractivity contribution is 5.85. The SMILES string of the molecule is COc1cc(-c2cnn(C)c2)cn2ncc(-c3cnc4ccccn34)c12. The van der Waals surface area contributed by atoms with Crippen LogP contribution in [0.2, 0.25) is 0 Å². The minimum Gasteiger partial charge on any atom is -0.494 e. The van der Waals surface area contributed by atoms with Crippen LogP contribution in [0.4, 0.5) is 0 Å². The van der Waals surface area contributed by atoms with Crippen molar-refractivity contribution in [1.29, 1.82) is 0 Å². The molecule has 5 heterocycles. The first kappa shape index (κ1) is 14.7. The number of ether oxygens (including phenoxy) is 1. The number of aryl methyl sites for hydroxylation is 1. The summed E-state index contributed by atoms with van der Waals surface area (Å²) in [4.78, 5) is 4.48. The third-order valence-electron chi connectivity index (χ3n) is 4.53. The molecule has 0 bridgehead atoms. The van der Waals surface area contributed by atoms with Crippen LogP contribution in [-0.4, -0.2) is 35.9 Å². The second-order valence-electron chi connectivity index (χ2n) is 6.12. The van der Waals surface area contributed by atoms with Crippen LogP contribution in [0.25, 0.3) is 33.5 Å². The van der Waals surface area contributed by atoms with Crippen LogP contribution in [0, 0.1) is 0 Å². The number of aromatic nitrogens is 6. The van der Waals surface area contributed by atoms with Crippen LogP contribution in [0.1, 0.15) is 0 Å². The Balaban J connectivity index is 1.76. The highest BCUT2D eigenvalue weighted by Crippen LogP contribution is 2.34. The molecule has 0 unspecified atom stereocenters. The predicted octanol–water partition coefficient (Wildman–Crippen LogP) is 3.06. The quantitative estimate of drug-likeness (QED) is 0.505. The Hall–Kier alpha value is -3.61. The molecule has 0 atom stereocenters. The Morgan fingerprint density at radius 2 is 1.92 bits per heavy atom. The van der Waals surface area contributed by atoms with Gasteiger partial charge in [-0.3, -0.25) is 9.08 Å². The summed E-state index contributed by atoms with van der Waals surface area (Å²) >= 11 is 0. The minimum absolute atomic E-state index is 0.754. The fourth-order valence-corrected chi connectivity index (χ4v) is 3.29. The van der Waals surface area contributed by atoms with Gasteiger partial charge in [0.1, 0.15) is 16.9 Å². The van der Waals surface area contributed by atoms with Gasteiger partial charge in [-0.2, -0.15) is 10.2 Å². The van der Waals surface area contributed by atoms with E-state index in [9.17, 15) is 0 Å². The van der Waals surface area contributed by atoms with Crippen LogP contribution in [0.15, 0.2) is 61.4 Å². The fraction of sp³-hybridized carbons (Fsp3) is 0.105. The number of nitrogens with zero attached hydrogens (tertiary/aromatic N) is 6. The molecule has 7 nitrogen and oxygen atoms in total. The van der Waals surface area contributed by atoms with E-state index in [1.54, 1.807) is 11.8 Å². The van der Waals surface area contributed by atoms with E-state index in [2.05, 4.69) is 15.2 Å². The molecule has 0 aliphatic rings. The molecule has 0 N–H and O–H groups in total. The number of hydrogen-bond acceptors (Lipinski definition) is 4. The second-order valence-corrected chi connectivity index (χ2v) is 6.12. The van der Waals surface area contributed by atoms with E-state index >= 15 is 0 Å². The zero-order valence-electron chi connectivity index (χ0n) is 14.4.